The van der Waals surface area contributed by atoms with Gasteiger partial charge >= 0.3 is 6.09 Å². The molecular formula is C31H34FN5O4S. The van der Waals surface area contributed by atoms with Crippen molar-refractivity contribution in [3.05, 3.63) is 64.7 Å². The molecule has 1 fully saturated rings. The van der Waals surface area contributed by atoms with Crippen LogP contribution in [0.25, 0.3) is 21.5 Å². The summed E-state index contributed by atoms with van der Waals surface area (Å²) in [5.41, 5.74) is 3.16. The monoisotopic (exact) mass is 591 g/mol. The number of carbonyl (C=O) groups is 1. The number of ether oxygens (including phenoxy) is 3. The molecule has 1 amide bonds. The maximum Gasteiger partial charge on any atom is 0.410 e. The Kier molecular flexibility index (Phi) is 7.71. The molecule has 0 radical (unpaired) electrons. The number of hydrogen-bond donors (Lipinski definition) is 0. The van der Waals surface area contributed by atoms with Gasteiger partial charge in [-0.05, 0) is 51.3 Å². The molecule has 0 saturated carbocycles. The highest BCUT2D eigenvalue weighted by molar-refractivity contribution is 7.18. The third kappa shape index (κ3) is 5.27. The number of alkyl halides is 1. The number of likely N-dealkylation sites (tertiary alicyclic amines) is 1. The number of amides is 1. The molecule has 11 heteroatoms. The minimum absolute atomic E-state index is 0.106. The predicted molar refractivity (Wildman–Crippen MR) is 160 cm³/mol. The summed E-state index contributed by atoms with van der Waals surface area (Å²) in [6, 6.07) is 15.0. The van der Waals surface area contributed by atoms with Crippen LogP contribution in [0, 0.1) is 6.92 Å². The number of nitrogens with zero attached hydrogens (tertiary/aromatic N) is 5. The standard InChI is InChI=1S/C31H34FN5O4S/c1-19-33-24-15-22(26(41-18-39-4)16-27(24)42-19)23-14-21-10-12-36(29(21)35-34-23)25-11-13-37(31(2,3)28(25)32)30(38)40-17-20-8-6-5-7-9-20/h5-9,14-16,25,28H,10-13,17-18H2,1-4H3/t25-,28-/m1/s1. The Morgan fingerprint density at radius 3 is 2.74 bits per heavy atom. The summed E-state index contributed by atoms with van der Waals surface area (Å²) in [5.74, 6) is 1.33. The van der Waals surface area contributed by atoms with Gasteiger partial charge in [-0.2, -0.15) is 0 Å². The maximum atomic E-state index is 16.2. The van der Waals surface area contributed by atoms with Gasteiger partial charge < -0.3 is 24.0 Å². The van der Waals surface area contributed by atoms with E-state index in [2.05, 4.69) is 15.2 Å². The molecule has 4 aromatic rings. The normalized spacial score (nSPS) is 19.6. The summed E-state index contributed by atoms with van der Waals surface area (Å²) >= 11 is 1.60. The van der Waals surface area contributed by atoms with Crippen molar-refractivity contribution in [3.63, 3.8) is 0 Å². The van der Waals surface area contributed by atoms with Crippen molar-refractivity contribution in [1.29, 1.82) is 0 Å². The summed E-state index contributed by atoms with van der Waals surface area (Å²) in [6.07, 6.45) is -0.637. The van der Waals surface area contributed by atoms with Crippen LogP contribution in [0.1, 0.15) is 36.4 Å². The number of halogens is 1. The molecule has 2 aromatic carbocycles. The summed E-state index contributed by atoms with van der Waals surface area (Å²) < 4.78 is 33.8. The fraction of sp³-hybridized carbons (Fsp3) is 0.419. The second-order valence-electron chi connectivity index (χ2n) is 11.2. The average Bonchev–Trinajstić information content (AvgIpc) is 3.57. The molecule has 0 N–H and O–H groups in total. The second kappa shape index (κ2) is 11.4. The highest BCUT2D eigenvalue weighted by Crippen LogP contribution is 2.40. The number of methoxy groups -OCH3 is 1. The minimum atomic E-state index is -1.31. The molecule has 4 heterocycles. The van der Waals surface area contributed by atoms with Gasteiger partial charge in [0, 0.05) is 37.4 Å². The Labute approximate surface area is 248 Å². The number of aryl methyl sites for hydroxylation is 1. The smallest absolute Gasteiger partial charge is 0.410 e. The van der Waals surface area contributed by atoms with E-state index < -0.39 is 23.8 Å². The molecule has 2 atom stereocenters. The number of rotatable bonds is 7. The second-order valence-corrected chi connectivity index (χ2v) is 12.5. The zero-order chi connectivity index (χ0) is 29.4. The first-order chi connectivity index (χ1) is 20.3. The first-order valence-corrected chi connectivity index (χ1v) is 14.9. The molecule has 0 unspecified atom stereocenters. The van der Waals surface area contributed by atoms with E-state index >= 15 is 4.39 Å². The summed E-state index contributed by atoms with van der Waals surface area (Å²) in [6.45, 7) is 6.77. The molecule has 0 aliphatic carbocycles. The molecule has 2 aromatic heterocycles. The number of thiazole rings is 1. The van der Waals surface area contributed by atoms with Crippen LogP contribution < -0.4 is 9.64 Å². The minimum Gasteiger partial charge on any atom is -0.467 e. The molecule has 6 rings (SSSR count). The van der Waals surface area contributed by atoms with E-state index in [1.807, 2.05) is 60.4 Å². The van der Waals surface area contributed by atoms with E-state index in [1.165, 1.54) is 4.90 Å². The van der Waals surface area contributed by atoms with Gasteiger partial charge in [-0.15, -0.1) is 21.5 Å². The van der Waals surface area contributed by atoms with Crippen LogP contribution >= 0.6 is 11.3 Å². The predicted octanol–water partition coefficient (Wildman–Crippen LogP) is 5.93. The molecule has 9 nitrogen and oxygen atoms in total. The number of fused-ring (bicyclic) bond motifs is 2. The van der Waals surface area contributed by atoms with Gasteiger partial charge in [0.25, 0.3) is 0 Å². The zero-order valence-electron chi connectivity index (χ0n) is 24.2. The van der Waals surface area contributed by atoms with Gasteiger partial charge in [0.1, 0.15) is 18.5 Å². The number of carbonyl (C=O) groups excluding carboxylic acids is 1. The maximum absolute atomic E-state index is 16.2. The summed E-state index contributed by atoms with van der Waals surface area (Å²) in [5, 5.41) is 10.1. The van der Waals surface area contributed by atoms with Crippen LogP contribution in [0.15, 0.2) is 48.5 Å². The van der Waals surface area contributed by atoms with E-state index in [9.17, 15) is 4.79 Å². The highest BCUT2D eigenvalue weighted by Gasteiger charge is 2.50. The highest BCUT2D eigenvalue weighted by atomic mass is 32.1. The van der Waals surface area contributed by atoms with Crippen molar-refractivity contribution in [2.45, 2.75) is 58.0 Å². The molecule has 220 valence electrons. The Hall–Kier alpha value is -3.83. The van der Waals surface area contributed by atoms with Crippen LogP contribution in [0.5, 0.6) is 5.75 Å². The molecule has 2 aliphatic heterocycles. The third-order valence-corrected chi connectivity index (χ3v) is 9.07. The average molecular weight is 592 g/mol. The lowest BCUT2D eigenvalue weighted by atomic mass is 9.84. The van der Waals surface area contributed by atoms with Gasteiger partial charge in [0.05, 0.1) is 32.5 Å². The van der Waals surface area contributed by atoms with E-state index in [4.69, 9.17) is 14.2 Å². The first kappa shape index (κ1) is 28.3. The largest absolute Gasteiger partial charge is 0.467 e. The van der Waals surface area contributed by atoms with Crippen LogP contribution in [-0.4, -0.2) is 70.9 Å². The Morgan fingerprint density at radius 2 is 1.95 bits per heavy atom. The van der Waals surface area contributed by atoms with E-state index in [-0.39, 0.29) is 13.4 Å². The van der Waals surface area contributed by atoms with Crippen LogP contribution in [0.2, 0.25) is 0 Å². The lowest BCUT2D eigenvalue weighted by Gasteiger charge is -2.49. The Bertz CT molecular complexity index is 1600. The van der Waals surface area contributed by atoms with Crippen molar-refractivity contribution >= 4 is 33.5 Å². The van der Waals surface area contributed by atoms with Crippen molar-refractivity contribution < 1.29 is 23.4 Å². The fourth-order valence-electron chi connectivity index (χ4n) is 5.92. The van der Waals surface area contributed by atoms with E-state index in [1.54, 1.807) is 32.3 Å². The topological polar surface area (TPSA) is 89.9 Å². The first-order valence-electron chi connectivity index (χ1n) is 14.0. The van der Waals surface area contributed by atoms with Crippen molar-refractivity contribution in [2.24, 2.45) is 0 Å². The van der Waals surface area contributed by atoms with Gasteiger partial charge in [-0.3, -0.25) is 0 Å². The number of anilines is 1. The SMILES string of the molecule is COCOc1cc2sc(C)nc2cc1-c1cc2c(nn1)N([C@@H]1CCN(C(=O)OCc3ccccc3)C(C)(C)[C@@H]1F)CC2. The van der Waals surface area contributed by atoms with Crippen molar-refractivity contribution in [2.75, 3.05) is 31.9 Å². The summed E-state index contributed by atoms with van der Waals surface area (Å²) in [7, 11) is 1.58. The third-order valence-electron chi connectivity index (χ3n) is 8.13. The van der Waals surface area contributed by atoms with Crippen LogP contribution in [0.4, 0.5) is 15.0 Å². The lowest BCUT2D eigenvalue weighted by molar-refractivity contribution is -0.0148. The van der Waals surface area contributed by atoms with E-state index in [0.29, 0.717) is 36.8 Å². The number of piperidine rings is 1. The quantitative estimate of drug-likeness (QED) is 0.244. The number of hydrogen-bond acceptors (Lipinski definition) is 9. The number of benzene rings is 2. The zero-order valence-corrected chi connectivity index (χ0v) is 25.0. The molecule has 0 bridgehead atoms. The number of aromatic nitrogens is 3. The molecule has 42 heavy (non-hydrogen) atoms. The Balaban J connectivity index is 1.21. The fourth-order valence-corrected chi connectivity index (χ4v) is 6.75. The van der Waals surface area contributed by atoms with Gasteiger partial charge in [-0.1, -0.05) is 30.3 Å². The van der Waals surface area contributed by atoms with Crippen molar-refractivity contribution in [3.8, 4) is 17.0 Å². The summed E-state index contributed by atoms with van der Waals surface area (Å²) in [4.78, 5) is 21.1. The van der Waals surface area contributed by atoms with Crippen LogP contribution in [0.3, 0.4) is 0 Å². The molecule has 0 spiro atoms. The van der Waals surface area contributed by atoms with Crippen LogP contribution in [-0.2, 0) is 22.5 Å². The van der Waals surface area contributed by atoms with Gasteiger partial charge in [-0.25, -0.2) is 14.2 Å². The molecule has 2 aliphatic rings. The van der Waals surface area contributed by atoms with Gasteiger partial charge in [0.15, 0.2) is 12.6 Å². The lowest BCUT2D eigenvalue weighted by Crippen LogP contribution is -2.65. The molecule has 1 saturated heterocycles. The van der Waals surface area contributed by atoms with Gasteiger partial charge in [0.2, 0.25) is 0 Å². The molecular weight excluding hydrogens is 557 g/mol. The Morgan fingerprint density at radius 1 is 1.14 bits per heavy atom. The van der Waals surface area contributed by atoms with E-state index in [0.717, 1.165) is 38.3 Å². The van der Waals surface area contributed by atoms with Crippen molar-refractivity contribution in [1.82, 2.24) is 20.1 Å².